The molecule has 0 bridgehead atoms. The molecule has 0 atom stereocenters. The lowest BCUT2D eigenvalue weighted by Crippen LogP contribution is -2.07. The second-order valence-electron chi connectivity index (χ2n) is 2.30. The van der Waals surface area contributed by atoms with Gasteiger partial charge in [0, 0.05) is 10.8 Å². The minimum atomic E-state index is -0.442. The number of nitrogens with two attached hydrogens (primary N) is 1. The van der Waals surface area contributed by atoms with Gasteiger partial charge >= 0.3 is 0 Å². The smallest absolute Gasteiger partial charge is 0.258 e. The van der Waals surface area contributed by atoms with Crippen LogP contribution in [-0.2, 0) is 0 Å². The Hall–Kier alpha value is -1.07. The van der Waals surface area contributed by atoms with E-state index in [2.05, 4.69) is 0 Å². The molecule has 12 heavy (non-hydrogen) atoms. The molecule has 0 aliphatic carbocycles. The summed E-state index contributed by atoms with van der Waals surface area (Å²) in [5.74, 6) is -0.221. The maximum Gasteiger partial charge on any atom is 0.258 e. The maximum absolute atomic E-state index is 10.7. The van der Waals surface area contributed by atoms with Gasteiger partial charge in [-0.15, -0.1) is 22.7 Å². The first-order valence-corrected chi connectivity index (χ1v) is 4.88. The van der Waals surface area contributed by atoms with Crippen molar-refractivity contribution in [1.82, 2.24) is 0 Å². The van der Waals surface area contributed by atoms with Gasteiger partial charge in [-0.25, -0.2) is 0 Å². The van der Waals surface area contributed by atoms with Crippen molar-refractivity contribution >= 4 is 38.0 Å². The molecular weight excluding hydrogens is 194 g/mol. The third-order valence-corrected chi connectivity index (χ3v) is 3.75. The first-order valence-electron chi connectivity index (χ1n) is 3.18. The van der Waals surface area contributed by atoms with Gasteiger partial charge in [-0.2, -0.15) is 0 Å². The molecule has 0 unspecified atom stereocenters. The topological polar surface area (TPSA) is 63.3 Å². The summed E-state index contributed by atoms with van der Waals surface area (Å²) in [5, 5.41) is 11.6. The second kappa shape index (κ2) is 2.46. The Balaban J connectivity index is 2.70. The highest BCUT2D eigenvalue weighted by atomic mass is 32.2. The number of carbonyl (C=O) groups excluding carboxylic acids is 1. The summed E-state index contributed by atoms with van der Waals surface area (Å²) in [6.45, 7) is 0. The number of aromatic hydroxyl groups is 1. The van der Waals surface area contributed by atoms with Gasteiger partial charge in [0.2, 0.25) is 0 Å². The van der Waals surface area contributed by atoms with Crippen molar-refractivity contribution in [1.29, 1.82) is 0 Å². The van der Waals surface area contributed by atoms with Crippen LogP contribution in [0.25, 0.3) is 9.40 Å². The fraction of sp³-hybridized carbons (Fsp3) is 0. The van der Waals surface area contributed by atoms with E-state index >= 15 is 0 Å². The van der Waals surface area contributed by atoms with Gasteiger partial charge in [-0.1, -0.05) is 0 Å². The number of primary amides is 1. The van der Waals surface area contributed by atoms with Gasteiger partial charge in [0.25, 0.3) is 5.91 Å². The summed E-state index contributed by atoms with van der Waals surface area (Å²) in [6.07, 6.45) is 0. The van der Waals surface area contributed by atoms with E-state index in [1.165, 1.54) is 22.7 Å². The Morgan fingerprint density at radius 3 is 2.92 bits per heavy atom. The zero-order valence-corrected chi connectivity index (χ0v) is 7.54. The summed E-state index contributed by atoms with van der Waals surface area (Å²) >= 11 is 2.72. The van der Waals surface area contributed by atoms with E-state index in [1.807, 2.05) is 0 Å². The number of fused-ring (bicyclic) bond motifs is 1. The van der Waals surface area contributed by atoms with Crippen molar-refractivity contribution in [2.24, 2.45) is 5.73 Å². The van der Waals surface area contributed by atoms with Gasteiger partial charge in [-0.3, -0.25) is 4.79 Å². The molecule has 0 fully saturated rings. The molecule has 2 rings (SSSR count). The summed E-state index contributed by atoms with van der Waals surface area (Å²) in [5.41, 5.74) is 5.08. The Labute approximate surface area is 76.1 Å². The number of rotatable bonds is 1. The predicted octanol–water partition coefficient (Wildman–Crippen LogP) is 1.77. The van der Waals surface area contributed by atoms with Crippen molar-refractivity contribution in [3.63, 3.8) is 0 Å². The quantitative estimate of drug-likeness (QED) is 0.735. The van der Waals surface area contributed by atoms with Crippen LogP contribution in [0.15, 0.2) is 11.4 Å². The van der Waals surface area contributed by atoms with Gasteiger partial charge in [-0.05, 0) is 6.07 Å². The standard InChI is InChI=1S/C7H5NO2S2/c8-6(10)5-1-3-4(9)2-11-7(3)12-5/h1-2,9H,(H2,8,10). The van der Waals surface area contributed by atoms with E-state index in [9.17, 15) is 9.90 Å². The molecule has 0 aliphatic rings. The normalized spacial score (nSPS) is 10.7. The Morgan fingerprint density at radius 1 is 1.58 bits per heavy atom. The Kier molecular flexibility index (Phi) is 1.55. The van der Waals surface area contributed by atoms with Gasteiger partial charge in [0.1, 0.15) is 5.75 Å². The van der Waals surface area contributed by atoms with Crippen molar-refractivity contribution in [2.45, 2.75) is 0 Å². The maximum atomic E-state index is 10.7. The van der Waals surface area contributed by atoms with E-state index < -0.39 is 5.91 Å². The molecule has 2 heterocycles. The fourth-order valence-electron chi connectivity index (χ4n) is 0.935. The fourth-order valence-corrected chi connectivity index (χ4v) is 2.93. The molecule has 0 saturated carbocycles. The molecule has 1 amide bonds. The number of amides is 1. The number of thiophene rings is 2. The van der Waals surface area contributed by atoms with Crippen LogP contribution < -0.4 is 5.73 Å². The lowest BCUT2D eigenvalue weighted by Gasteiger charge is -1.82. The zero-order chi connectivity index (χ0) is 8.72. The van der Waals surface area contributed by atoms with Crippen LogP contribution in [0.4, 0.5) is 0 Å². The first-order chi connectivity index (χ1) is 5.68. The lowest BCUT2D eigenvalue weighted by molar-refractivity contribution is 0.100. The third kappa shape index (κ3) is 0.981. The molecule has 0 saturated heterocycles. The molecule has 2 aromatic heterocycles. The Bertz CT molecular complexity index is 443. The van der Waals surface area contributed by atoms with Crippen molar-refractivity contribution in [3.05, 3.63) is 16.3 Å². The van der Waals surface area contributed by atoms with Gasteiger partial charge in [0.15, 0.2) is 0 Å². The number of hydrogen-bond donors (Lipinski definition) is 2. The zero-order valence-electron chi connectivity index (χ0n) is 5.90. The summed E-state index contributed by atoms with van der Waals surface area (Å²) in [4.78, 5) is 11.2. The van der Waals surface area contributed by atoms with E-state index in [0.29, 0.717) is 4.88 Å². The summed E-state index contributed by atoms with van der Waals surface area (Å²) < 4.78 is 0.932. The first kappa shape index (κ1) is 7.57. The highest BCUT2D eigenvalue weighted by Crippen LogP contribution is 2.37. The van der Waals surface area contributed by atoms with Crippen LogP contribution in [0, 0.1) is 0 Å². The highest BCUT2D eigenvalue weighted by Gasteiger charge is 2.10. The molecule has 0 spiro atoms. The summed E-state index contributed by atoms with van der Waals surface area (Å²) in [6, 6.07) is 1.62. The lowest BCUT2D eigenvalue weighted by atomic mass is 10.3. The number of hydrogen-bond acceptors (Lipinski definition) is 4. The van der Waals surface area contributed by atoms with Crippen LogP contribution in [0.5, 0.6) is 5.75 Å². The van der Waals surface area contributed by atoms with Gasteiger partial charge < -0.3 is 10.8 Å². The highest BCUT2D eigenvalue weighted by molar-refractivity contribution is 7.38. The number of carbonyl (C=O) groups is 1. The van der Waals surface area contributed by atoms with Crippen LogP contribution in [0.3, 0.4) is 0 Å². The van der Waals surface area contributed by atoms with Crippen LogP contribution >= 0.6 is 22.7 Å². The largest absolute Gasteiger partial charge is 0.506 e. The average molecular weight is 199 g/mol. The van der Waals surface area contributed by atoms with Crippen molar-refractivity contribution < 1.29 is 9.90 Å². The molecule has 0 aliphatic heterocycles. The molecule has 62 valence electrons. The molecule has 3 N–H and O–H groups in total. The molecule has 0 aromatic carbocycles. The van der Waals surface area contributed by atoms with E-state index in [1.54, 1.807) is 11.4 Å². The van der Waals surface area contributed by atoms with Crippen molar-refractivity contribution in [2.75, 3.05) is 0 Å². The third-order valence-electron chi connectivity index (χ3n) is 1.49. The monoisotopic (exact) mass is 199 g/mol. The summed E-state index contributed by atoms with van der Waals surface area (Å²) in [7, 11) is 0. The van der Waals surface area contributed by atoms with Crippen molar-refractivity contribution in [3.8, 4) is 5.75 Å². The Morgan fingerprint density at radius 2 is 2.33 bits per heavy atom. The SMILES string of the molecule is NC(=O)c1cc2c(O)csc2s1. The predicted molar refractivity (Wildman–Crippen MR) is 49.9 cm³/mol. The average Bonchev–Trinajstić information content (AvgIpc) is 2.53. The molecule has 3 nitrogen and oxygen atoms in total. The van der Waals surface area contributed by atoms with E-state index in [0.717, 1.165) is 9.40 Å². The van der Waals surface area contributed by atoms with Crippen LogP contribution in [0.1, 0.15) is 9.67 Å². The van der Waals surface area contributed by atoms with E-state index in [-0.39, 0.29) is 5.75 Å². The van der Waals surface area contributed by atoms with Crippen LogP contribution in [-0.4, -0.2) is 11.0 Å². The van der Waals surface area contributed by atoms with Gasteiger partial charge in [0.05, 0.1) is 8.89 Å². The minimum absolute atomic E-state index is 0.221. The molecule has 2 aromatic rings. The molecule has 5 heteroatoms. The molecule has 0 radical (unpaired) electrons. The van der Waals surface area contributed by atoms with Crippen LogP contribution in [0.2, 0.25) is 0 Å². The minimum Gasteiger partial charge on any atom is -0.506 e. The molecular formula is C7H5NO2S2. The second-order valence-corrected chi connectivity index (χ2v) is 4.49. The van der Waals surface area contributed by atoms with E-state index in [4.69, 9.17) is 5.73 Å².